The first-order valence-electron chi connectivity index (χ1n) is 4.77. The molecule has 2 aromatic rings. The Hall–Kier alpha value is -1.88. The molecule has 1 aromatic heterocycles. The molecule has 16 heavy (non-hydrogen) atoms. The van der Waals surface area contributed by atoms with Crippen LogP contribution in [0, 0.1) is 10.1 Å². The number of nitro benzene ring substituents is 1. The maximum atomic E-state index is 10.8. The molecular formula is C11H10N2O2S. The predicted molar refractivity (Wildman–Crippen MR) is 64.7 cm³/mol. The van der Waals surface area contributed by atoms with E-state index in [-0.39, 0.29) is 10.6 Å². The van der Waals surface area contributed by atoms with Crippen molar-refractivity contribution in [3.63, 3.8) is 0 Å². The second-order valence-corrected chi connectivity index (χ2v) is 4.24. The molecule has 0 amide bonds. The maximum absolute atomic E-state index is 10.8. The number of para-hydroxylation sites is 2. The molecule has 0 spiro atoms. The average molecular weight is 234 g/mol. The van der Waals surface area contributed by atoms with E-state index in [1.165, 1.54) is 6.07 Å². The SMILES string of the molecule is O=[N+]([O-])c1ccccc1NCc1cccs1. The summed E-state index contributed by atoms with van der Waals surface area (Å²) in [6.07, 6.45) is 0. The maximum Gasteiger partial charge on any atom is 0.292 e. The first-order chi connectivity index (χ1) is 7.77. The highest BCUT2D eigenvalue weighted by molar-refractivity contribution is 7.09. The van der Waals surface area contributed by atoms with Gasteiger partial charge in [-0.25, -0.2) is 0 Å². The third kappa shape index (κ3) is 2.38. The topological polar surface area (TPSA) is 55.2 Å². The number of hydrogen-bond acceptors (Lipinski definition) is 4. The van der Waals surface area contributed by atoms with E-state index in [9.17, 15) is 10.1 Å². The van der Waals surface area contributed by atoms with Gasteiger partial charge in [-0.05, 0) is 17.5 Å². The molecule has 4 nitrogen and oxygen atoms in total. The molecule has 5 heteroatoms. The lowest BCUT2D eigenvalue weighted by atomic mass is 10.2. The molecule has 0 aliphatic carbocycles. The number of rotatable bonds is 4. The Bertz CT molecular complexity index is 482. The Balaban J connectivity index is 2.12. The molecule has 1 aromatic carbocycles. The summed E-state index contributed by atoms with van der Waals surface area (Å²) in [5, 5.41) is 15.8. The fraction of sp³-hybridized carbons (Fsp3) is 0.0909. The molecule has 82 valence electrons. The van der Waals surface area contributed by atoms with E-state index in [2.05, 4.69) is 5.32 Å². The highest BCUT2D eigenvalue weighted by atomic mass is 32.1. The van der Waals surface area contributed by atoms with Gasteiger partial charge in [-0.15, -0.1) is 11.3 Å². The van der Waals surface area contributed by atoms with Crippen molar-refractivity contribution in [2.75, 3.05) is 5.32 Å². The first-order valence-corrected chi connectivity index (χ1v) is 5.65. The van der Waals surface area contributed by atoms with Crippen molar-refractivity contribution in [1.82, 2.24) is 0 Å². The predicted octanol–water partition coefficient (Wildman–Crippen LogP) is 3.27. The van der Waals surface area contributed by atoms with Gasteiger partial charge in [0, 0.05) is 17.5 Å². The van der Waals surface area contributed by atoms with Crippen molar-refractivity contribution >= 4 is 22.7 Å². The number of thiophene rings is 1. The quantitative estimate of drug-likeness (QED) is 0.652. The van der Waals surface area contributed by atoms with Crippen LogP contribution in [-0.4, -0.2) is 4.92 Å². The highest BCUT2D eigenvalue weighted by Gasteiger charge is 2.11. The number of nitrogens with one attached hydrogen (secondary N) is 1. The van der Waals surface area contributed by atoms with E-state index < -0.39 is 0 Å². The molecule has 0 unspecified atom stereocenters. The average Bonchev–Trinajstić information content (AvgIpc) is 2.79. The minimum Gasteiger partial charge on any atom is -0.375 e. The van der Waals surface area contributed by atoms with Crippen LogP contribution in [0.15, 0.2) is 41.8 Å². The summed E-state index contributed by atoms with van der Waals surface area (Å²) in [6.45, 7) is 0.614. The number of nitrogens with zero attached hydrogens (tertiary/aromatic N) is 1. The number of benzene rings is 1. The molecule has 0 aliphatic rings. The van der Waals surface area contributed by atoms with Crippen LogP contribution < -0.4 is 5.32 Å². The minimum atomic E-state index is -0.378. The van der Waals surface area contributed by atoms with Gasteiger partial charge in [0.1, 0.15) is 5.69 Å². The van der Waals surface area contributed by atoms with Gasteiger partial charge in [0.05, 0.1) is 4.92 Å². The van der Waals surface area contributed by atoms with Crippen LogP contribution in [0.3, 0.4) is 0 Å². The lowest BCUT2D eigenvalue weighted by Gasteiger charge is -2.04. The fourth-order valence-electron chi connectivity index (χ4n) is 1.38. The summed E-state index contributed by atoms with van der Waals surface area (Å²) in [6, 6.07) is 10.6. The Labute approximate surface area is 96.7 Å². The van der Waals surface area contributed by atoms with Crippen LogP contribution in [0.5, 0.6) is 0 Å². The summed E-state index contributed by atoms with van der Waals surface area (Å²) in [4.78, 5) is 11.5. The summed E-state index contributed by atoms with van der Waals surface area (Å²) in [5.74, 6) is 0. The molecule has 1 heterocycles. The lowest BCUT2D eigenvalue weighted by Crippen LogP contribution is -2.00. The van der Waals surface area contributed by atoms with Gasteiger partial charge in [-0.3, -0.25) is 10.1 Å². The molecule has 0 aliphatic heterocycles. The van der Waals surface area contributed by atoms with Gasteiger partial charge < -0.3 is 5.32 Å². The van der Waals surface area contributed by atoms with Crippen LogP contribution in [-0.2, 0) is 6.54 Å². The van der Waals surface area contributed by atoms with Gasteiger partial charge in [0.25, 0.3) is 5.69 Å². The van der Waals surface area contributed by atoms with Gasteiger partial charge in [-0.2, -0.15) is 0 Å². The van der Waals surface area contributed by atoms with Crippen molar-refractivity contribution < 1.29 is 4.92 Å². The van der Waals surface area contributed by atoms with Gasteiger partial charge in [0.2, 0.25) is 0 Å². The number of nitro groups is 1. The van der Waals surface area contributed by atoms with E-state index >= 15 is 0 Å². The standard InChI is InChI=1S/C11H10N2O2S/c14-13(15)11-6-2-1-5-10(11)12-8-9-4-3-7-16-9/h1-7,12H,8H2. The summed E-state index contributed by atoms with van der Waals surface area (Å²) in [7, 11) is 0. The van der Waals surface area contributed by atoms with Crippen molar-refractivity contribution in [1.29, 1.82) is 0 Å². The zero-order valence-corrected chi connectivity index (χ0v) is 9.24. The Kier molecular flexibility index (Phi) is 3.16. The van der Waals surface area contributed by atoms with E-state index in [1.807, 2.05) is 17.5 Å². The summed E-state index contributed by atoms with van der Waals surface area (Å²) >= 11 is 1.62. The monoisotopic (exact) mass is 234 g/mol. The molecular weight excluding hydrogens is 224 g/mol. The number of anilines is 1. The minimum absolute atomic E-state index is 0.110. The van der Waals surface area contributed by atoms with Crippen molar-refractivity contribution in [2.24, 2.45) is 0 Å². The molecule has 0 atom stereocenters. The smallest absolute Gasteiger partial charge is 0.292 e. The van der Waals surface area contributed by atoms with Crippen LogP contribution in [0.1, 0.15) is 4.88 Å². The second kappa shape index (κ2) is 4.76. The summed E-state index contributed by atoms with van der Waals surface area (Å²) < 4.78 is 0. The Morgan fingerprint density at radius 3 is 2.75 bits per heavy atom. The second-order valence-electron chi connectivity index (χ2n) is 3.21. The van der Waals surface area contributed by atoms with E-state index in [1.54, 1.807) is 29.5 Å². The van der Waals surface area contributed by atoms with E-state index in [0.717, 1.165) is 4.88 Å². The zero-order chi connectivity index (χ0) is 11.4. The van der Waals surface area contributed by atoms with Crippen LogP contribution in [0.2, 0.25) is 0 Å². The largest absolute Gasteiger partial charge is 0.375 e. The Morgan fingerprint density at radius 2 is 2.06 bits per heavy atom. The molecule has 2 rings (SSSR count). The van der Waals surface area contributed by atoms with Crippen LogP contribution in [0.25, 0.3) is 0 Å². The summed E-state index contributed by atoms with van der Waals surface area (Å²) in [5.41, 5.74) is 0.667. The Morgan fingerprint density at radius 1 is 1.25 bits per heavy atom. The fourth-order valence-corrected chi connectivity index (χ4v) is 2.02. The van der Waals surface area contributed by atoms with Crippen LogP contribution >= 0.6 is 11.3 Å². The van der Waals surface area contributed by atoms with Crippen molar-refractivity contribution in [3.05, 3.63) is 56.8 Å². The highest BCUT2D eigenvalue weighted by Crippen LogP contribution is 2.24. The molecule has 0 radical (unpaired) electrons. The molecule has 0 fully saturated rings. The van der Waals surface area contributed by atoms with Gasteiger partial charge >= 0.3 is 0 Å². The van der Waals surface area contributed by atoms with Crippen molar-refractivity contribution in [2.45, 2.75) is 6.54 Å². The van der Waals surface area contributed by atoms with Crippen LogP contribution in [0.4, 0.5) is 11.4 Å². The third-order valence-electron chi connectivity index (χ3n) is 2.13. The van der Waals surface area contributed by atoms with Gasteiger partial charge in [-0.1, -0.05) is 18.2 Å². The lowest BCUT2D eigenvalue weighted by molar-refractivity contribution is -0.384. The third-order valence-corrected chi connectivity index (χ3v) is 3.01. The molecule has 0 saturated carbocycles. The molecule has 0 bridgehead atoms. The van der Waals surface area contributed by atoms with Crippen molar-refractivity contribution in [3.8, 4) is 0 Å². The first kappa shape index (κ1) is 10.6. The zero-order valence-electron chi connectivity index (χ0n) is 8.42. The normalized spacial score (nSPS) is 10.0. The number of hydrogen-bond donors (Lipinski definition) is 1. The van der Waals surface area contributed by atoms with E-state index in [4.69, 9.17) is 0 Å². The van der Waals surface area contributed by atoms with E-state index in [0.29, 0.717) is 12.2 Å². The molecule has 1 N–H and O–H groups in total. The molecule has 0 saturated heterocycles. The van der Waals surface area contributed by atoms with Gasteiger partial charge in [0.15, 0.2) is 0 Å².